The number of halogens is 1. The lowest BCUT2D eigenvalue weighted by atomic mass is 10.1. The minimum absolute atomic E-state index is 0.172. The van der Waals surface area contributed by atoms with Crippen molar-refractivity contribution in [1.29, 1.82) is 0 Å². The van der Waals surface area contributed by atoms with Gasteiger partial charge in [-0.25, -0.2) is 4.99 Å². The fourth-order valence-electron chi connectivity index (χ4n) is 1.49. The summed E-state index contributed by atoms with van der Waals surface area (Å²) in [5.74, 6) is 0.0137. The Kier molecular flexibility index (Phi) is 2.48. The second-order valence-electron chi connectivity index (χ2n) is 3.41. The largest absolute Gasteiger partial charge is 0.370 e. The van der Waals surface area contributed by atoms with E-state index in [4.69, 9.17) is 5.73 Å². The lowest BCUT2D eigenvalue weighted by Gasteiger charge is -2.06. The predicted molar refractivity (Wildman–Crippen MR) is 61.4 cm³/mol. The van der Waals surface area contributed by atoms with Crippen LogP contribution in [0.3, 0.4) is 0 Å². The number of nitrogens with two attached hydrogens (primary N) is 1. The first-order valence-corrected chi connectivity index (χ1v) is 5.27. The second-order valence-corrected chi connectivity index (χ2v) is 4.27. The van der Waals surface area contributed by atoms with Gasteiger partial charge in [0.05, 0.1) is 0 Å². The number of carbonyl (C=O) groups is 1. The third-order valence-corrected chi connectivity index (χ3v) is 3.16. The van der Waals surface area contributed by atoms with Crippen molar-refractivity contribution in [2.75, 3.05) is 0 Å². The van der Waals surface area contributed by atoms with Crippen LogP contribution in [0.5, 0.6) is 0 Å². The Morgan fingerprint density at radius 1 is 1.53 bits per heavy atom. The molecule has 0 saturated carbocycles. The number of benzene rings is 1. The number of carbonyl (C=O) groups excluding carboxylic acids is 1. The van der Waals surface area contributed by atoms with Crippen molar-refractivity contribution in [2.24, 2.45) is 10.7 Å². The number of nitrogens with zero attached hydrogens (tertiary/aromatic N) is 1. The zero-order valence-electron chi connectivity index (χ0n) is 8.12. The highest BCUT2D eigenvalue weighted by molar-refractivity contribution is 9.10. The van der Waals surface area contributed by atoms with Crippen LogP contribution in [0.1, 0.15) is 17.2 Å². The van der Waals surface area contributed by atoms with Crippen LogP contribution in [0.25, 0.3) is 0 Å². The number of amides is 1. The van der Waals surface area contributed by atoms with Crippen molar-refractivity contribution in [3.8, 4) is 0 Å². The third-order valence-electron chi connectivity index (χ3n) is 2.27. The molecule has 3 N–H and O–H groups in total. The van der Waals surface area contributed by atoms with Gasteiger partial charge in [-0.2, -0.15) is 0 Å². The molecule has 1 aromatic carbocycles. The maximum absolute atomic E-state index is 11.5. The molecule has 15 heavy (non-hydrogen) atoms. The highest BCUT2D eigenvalue weighted by Crippen LogP contribution is 2.25. The normalized spacial score (nSPS) is 20.0. The van der Waals surface area contributed by atoms with Crippen molar-refractivity contribution in [2.45, 2.75) is 13.0 Å². The molecule has 0 fully saturated rings. The van der Waals surface area contributed by atoms with Crippen LogP contribution < -0.4 is 11.1 Å². The zero-order valence-corrected chi connectivity index (χ0v) is 9.71. The summed E-state index contributed by atoms with van der Waals surface area (Å²) in [5, 5.41) is 2.48. The standard InChI is InChI=1S/C10H10BrN3O/c1-5-4-6(2-3-7(5)11)8-9(15)14-10(12)13-8/h2-4,8H,1H3,(H3,12,13,14,15). The molecule has 1 heterocycles. The number of rotatable bonds is 1. The molecule has 0 aliphatic carbocycles. The fraction of sp³-hybridized carbons (Fsp3) is 0.200. The van der Waals surface area contributed by atoms with Crippen LogP contribution >= 0.6 is 15.9 Å². The minimum Gasteiger partial charge on any atom is -0.370 e. The van der Waals surface area contributed by atoms with Crippen LogP contribution in [0, 0.1) is 6.92 Å². The van der Waals surface area contributed by atoms with Gasteiger partial charge in [0.2, 0.25) is 0 Å². The minimum atomic E-state index is -0.503. The Labute approximate surface area is 95.7 Å². The summed E-state index contributed by atoms with van der Waals surface area (Å²) < 4.78 is 1.02. The average Bonchev–Trinajstić information content (AvgIpc) is 2.50. The molecule has 2 rings (SSSR count). The van der Waals surface area contributed by atoms with E-state index in [0.29, 0.717) is 0 Å². The van der Waals surface area contributed by atoms with E-state index in [1.165, 1.54) is 0 Å². The van der Waals surface area contributed by atoms with Crippen LogP contribution in [-0.4, -0.2) is 11.9 Å². The van der Waals surface area contributed by atoms with E-state index in [1.807, 2.05) is 25.1 Å². The molecular weight excluding hydrogens is 258 g/mol. The Morgan fingerprint density at radius 2 is 2.27 bits per heavy atom. The van der Waals surface area contributed by atoms with E-state index in [1.54, 1.807) is 0 Å². The number of nitrogens with one attached hydrogen (secondary N) is 1. The monoisotopic (exact) mass is 267 g/mol. The summed E-state index contributed by atoms with van der Waals surface area (Å²) in [5.41, 5.74) is 7.36. The van der Waals surface area contributed by atoms with Gasteiger partial charge in [0.25, 0.3) is 5.91 Å². The summed E-state index contributed by atoms with van der Waals surface area (Å²) in [6, 6.07) is 5.19. The first-order valence-electron chi connectivity index (χ1n) is 4.48. The maximum atomic E-state index is 11.5. The van der Waals surface area contributed by atoms with Gasteiger partial charge in [-0.05, 0) is 24.1 Å². The number of guanidine groups is 1. The van der Waals surface area contributed by atoms with E-state index in [2.05, 4.69) is 26.2 Å². The fourth-order valence-corrected chi connectivity index (χ4v) is 1.74. The van der Waals surface area contributed by atoms with Crippen LogP contribution in [0.15, 0.2) is 27.7 Å². The molecule has 0 spiro atoms. The Hall–Kier alpha value is -1.36. The van der Waals surface area contributed by atoms with Crippen molar-refractivity contribution >= 4 is 27.8 Å². The van der Waals surface area contributed by atoms with Gasteiger partial charge in [0.15, 0.2) is 12.0 Å². The third kappa shape index (κ3) is 1.87. The molecule has 0 radical (unpaired) electrons. The highest BCUT2D eigenvalue weighted by Gasteiger charge is 2.26. The molecule has 1 atom stereocenters. The van der Waals surface area contributed by atoms with Gasteiger partial charge in [-0.15, -0.1) is 0 Å². The van der Waals surface area contributed by atoms with Crippen molar-refractivity contribution in [3.05, 3.63) is 33.8 Å². The number of aliphatic imine (C=N–C) groups is 1. The summed E-state index contributed by atoms with van der Waals surface area (Å²) in [7, 11) is 0. The first kappa shape index (κ1) is 10.2. The lowest BCUT2D eigenvalue weighted by molar-refractivity contribution is -0.120. The maximum Gasteiger partial charge on any atom is 0.256 e. The van der Waals surface area contributed by atoms with Gasteiger partial charge >= 0.3 is 0 Å². The molecule has 1 aliphatic heterocycles. The van der Waals surface area contributed by atoms with Gasteiger partial charge in [-0.1, -0.05) is 28.1 Å². The molecule has 0 aromatic heterocycles. The molecule has 1 unspecified atom stereocenters. The number of aryl methyl sites for hydroxylation is 1. The number of hydrogen-bond acceptors (Lipinski definition) is 3. The van der Waals surface area contributed by atoms with E-state index >= 15 is 0 Å². The highest BCUT2D eigenvalue weighted by atomic mass is 79.9. The number of hydrogen-bond donors (Lipinski definition) is 2. The van der Waals surface area contributed by atoms with Gasteiger partial charge in [0.1, 0.15) is 0 Å². The van der Waals surface area contributed by atoms with Crippen molar-refractivity contribution in [3.63, 3.8) is 0 Å². The average molecular weight is 268 g/mol. The summed E-state index contributed by atoms with van der Waals surface area (Å²) in [6.07, 6.45) is 0. The van der Waals surface area contributed by atoms with E-state index in [0.717, 1.165) is 15.6 Å². The van der Waals surface area contributed by atoms with Crippen LogP contribution in [0.4, 0.5) is 0 Å². The van der Waals surface area contributed by atoms with E-state index in [9.17, 15) is 4.79 Å². The zero-order chi connectivity index (χ0) is 11.0. The predicted octanol–water partition coefficient (Wildman–Crippen LogP) is 1.24. The molecule has 1 amide bonds. The molecule has 1 aliphatic rings. The van der Waals surface area contributed by atoms with Crippen molar-refractivity contribution in [1.82, 2.24) is 5.32 Å². The Morgan fingerprint density at radius 3 is 2.80 bits per heavy atom. The second kappa shape index (κ2) is 3.66. The quantitative estimate of drug-likeness (QED) is 0.804. The van der Waals surface area contributed by atoms with Crippen molar-refractivity contribution < 1.29 is 4.79 Å². The molecule has 0 bridgehead atoms. The Bertz CT molecular complexity index is 456. The van der Waals surface area contributed by atoms with Gasteiger partial charge < -0.3 is 5.73 Å². The van der Waals surface area contributed by atoms with Crippen LogP contribution in [-0.2, 0) is 4.79 Å². The van der Waals surface area contributed by atoms with E-state index < -0.39 is 6.04 Å². The summed E-state index contributed by atoms with van der Waals surface area (Å²) in [4.78, 5) is 15.5. The smallest absolute Gasteiger partial charge is 0.256 e. The molecular formula is C10H10BrN3O. The molecule has 1 aromatic rings. The Balaban J connectivity index is 2.38. The van der Waals surface area contributed by atoms with E-state index in [-0.39, 0.29) is 11.9 Å². The van der Waals surface area contributed by atoms with Gasteiger partial charge in [-0.3, -0.25) is 10.1 Å². The topological polar surface area (TPSA) is 67.5 Å². The van der Waals surface area contributed by atoms with Crippen LogP contribution in [0.2, 0.25) is 0 Å². The summed E-state index contributed by atoms with van der Waals surface area (Å²) in [6.45, 7) is 1.97. The molecule has 4 nitrogen and oxygen atoms in total. The SMILES string of the molecule is Cc1cc(C2N=C(N)NC2=O)ccc1Br. The lowest BCUT2D eigenvalue weighted by Crippen LogP contribution is -2.31. The molecule has 78 valence electrons. The molecule has 0 saturated heterocycles. The molecule has 5 heteroatoms. The summed E-state index contributed by atoms with van der Waals surface area (Å²) >= 11 is 3.40. The first-order chi connectivity index (χ1) is 7.08. The van der Waals surface area contributed by atoms with Gasteiger partial charge in [0, 0.05) is 4.47 Å².